The summed E-state index contributed by atoms with van der Waals surface area (Å²) in [5.74, 6) is 1.60. The van der Waals surface area contributed by atoms with E-state index in [1.807, 2.05) is 6.07 Å². The molecule has 0 atom stereocenters. The Labute approximate surface area is 211 Å². The third kappa shape index (κ3) is 4.27. The van der Waals surface area contributed by atoms with Crippen molar-refractivity contribution in [1.29, 1.82) is 5.41 Å². The summed E-state index contributed by atoms with van der Waals surface area (Å²) in [4.78, 5) is 2.24. The van der Waals surface area contributed by atoms with Crippen LogP contribution in [0.2, 0.25) is 0 Å². The number of furan rings is 1. The number of likely N-dealkylation sites (tertiary alicyclic amines) is 1. The second-order valence-electron chi connectivity index (χ2n) is 10.6. The van der Waals surface area contributed by atoms with Gasteiger partial charge in [-0.25, -0.2) is 0 Å². The van der Waals surface area contributed by atoms with Crippen molar-refractivity contribution >= 4 is 28.4 Å². The van der Waals surface area contributed by atoms with E-state index in [4.69, 9.17) is 20.3 Å². The van der Waals surface area contributed by atoms with Gasteiger partial charge in [-0.2, -0.15) is 0 Å². The first kappa shape index (κ1) is 23.4. The predicted octanol–water partition coefficient (Wildman–Crippen LogP) is 5.98. The van der Waals surface area contributed by atoms with Crippen LogP contribution in [-0.4, -0.2) is 44.1 Å². The number of nitrogens with one attached hydrogen (secondary N) is 1. The molecule has 3 aliphatic rings. The highest BCUT2D eigenvalue weighted by molar-refractivity contribution is 5.95. The molecule has 0 radical (unpaired) electrons. The van der Waals surface area contributed by atoms with Gasteiger partial charge in [0.2, 0.25) is 0 Å². The second-order valence-corrected chi connectivity index (χ2v) is 10.6. The number of benzene rings is 2. The Morgan fingerprint density at radius 1 is 1.08 bits per heavy atom. The van der Waals surface area contributed by atoms with Crippen LogP contribution in [0.15, 0.2) is 46.4 Å². The lowest BCUT2D eigenvalue weighted by atomic mass is 9.81. The lowest BCUT2D eigenvalue weighted by molar-refractivity contribution is 0.0677. The number of nitrogen functional groups attached to an aromatic ring is 1. The highest BCUT2D eigenvalue weighted by Gasteiger charge is 2.29. The fourth-order valence-corrected chi connectivity index (χ4v) is 6.35. The first-order valence-corrected chi connectivity index (χ1v) is 13.2. The van der Waals surface area contributed by atoms with Crippen LogP contribution in [-0.2, 0) is 17.7 Å². The van der Waals surface area contributed by atoms with E-state index < -0.39 is 0 Å². The third-order valence-corrected chi connectivity index (χ3v) is 8.20. The summed E-state index contributed by atoms with van der Waals surface area (Å²) in [6, 6.07) is 12.8. The quantitative estimate of drug-likeness (QED) is 0.331. The van der Waals surface area contributed by atoms with Crippen molar-refractivity contribution in [3.63, 3.8) is 0 Å². The number of nitrogens with two attached hydrogens (primary N) is 1. The molecule has 5 nitrogen and oxygen atoms in total. The Kier molecular flexibility index (Phi) is 6.40. The van der Waals surface area contributed by atoms with E-state index in [9.17, 15) is 4.39 Å². The van der Waals surface area contributed by atoms with Gasteiger partial charge >= 0.3 is 0 Å². The molecule has 0 amide bonds. The van der Waals surface area contributed by atoms with Crippen LogP contribution in [0.5, 0.6) is 0 Å². The SMILES string of the molecule is N=Cc1c(N)ccc2c1CCCC(C1CCOCC1)=C2c1ccc2cc(CN3CC(CF)C3)oc2c1. The van der Waals surface area contributed by atoms with E-state index >= 15 is 0 Å². The molecule has 3 N–H and O–H groups in total. The van der Waals surface area contributed by atoms with Gasteiger partial charge in [0, 0.05) is 55.1 Å². The Morgan fingerprint density at radius 3 is 2.69 bits per heavy atom. The molecular formula is C30H34FN3O2. The smallest absolute Gasteiger partial charge is 0.134 e. The number of nitrogens with zero attached hydrogens (tertiary/aromatic N) is 1. The van der Waals surface area contributed by atoms with Crippen molar-refractivity contribution < 1.29 is 13.5 Å². The Hall–Kier alpha value is -2.96. The summed E-state index contributed by atoms with van der Waals surface area (Å²) in [6.07, 6.45) is 6.52. The Balaban J connectivity index is 1.44. The number of halogens is 1. The molecule has 3 aromatic rings. The lowest BCUT2D eigenvalue weighted by Gasteiger charge is -2.36. The molecule has 6 heteroatoms. The number of fused-ring (bicyclic) bond motifs is 2. The number of allylic oxidation sites excluding steroid dienone is 1. The van der Waals surface area contributed by atoms with E-state index in [1.54, 1.807) is 0 Å². The number of rotatable bonds is 6. The van der Waals surface area contributed by atoms with Gasteiger partial charge in [0.05, 0.1) is 13.2 Å². The maximum absolute atomic E-state index is 12.8. The molecule has 2 saturated heterocycles. The zero-order valence-corrected chi connectivity index (χ0v) is 20.7. The minimum absolute atomic E-state index is 0.173. The summed E-state index contributed by atoms with van der Waals surface area (Å²) in [5, 5.41) is 9.14. The normalized spacial score (nSPS) is 19.8. The second kappa shape index (κ2) is 9.83. The Morgan fingerprint density at radius 2 is 1.92 bits per heavy atom. The zero-order valence-electron chi connectivity index (χ0n) is 20.7. The van der Waals surface area contributed by atoms with Crippen molar-refractivity contribution in [3.8, 4) is 0 Å². The number of hydrogen-bond donors (Lipinski definition) is 2. The fourth-order valence-electron chi connectivity index (χ4n) is 6.35. The summed E-state index contributed by atoms with van der Waals surface area (Å²) in [7, 11) is 0. The van der Waals surface area contributed by atoms with E-state index in [0.29, 0.717) is 11.6 Å². The van der Waals surface area contributed by atoms with Crippen molar-refractivity contribution in [2.75, 3.05) is 38.7 Å². The van der Waals surface area contributed by atoms with Crippen LogP contribution in [0, 0.1) is 17.2 Å². The van der Waals surface area contributed by atoms with Crippen molar-refractivity contribution in [1.82, 2.24) is 4.90 Å². The van der Waals surface area contributed by atoms with Crippen LogP contribution in [0.25, 0.3) is 16.5 Å². The monoisotopic (exact) mass is 487 g/mol. The number of alkyl halides is 1. The summed E-state index contributed by atoms with van der Waals surface area (Å²) in [5.41, 5.74) is 15.0. The maximum atomic E-state index is 12.8. The van der Waals surface area contributed by atoms with Gasteiger partial charge < -0.3 is 20.3 Å². The van der Waals surface area contributed by atoms with E-state index in [-0.39, 0.29) is 12.6 Å². The van der Waals surface area contributed by atoms with Crippen molar-refractivity contribution in [2.24, 2.45) is 11.8 Å². The molecule has 0 spiro atoms. The van der Waals surface area contributed by atoms with Crippen LogP contribution in [0.4, 0.5) is 10.1 Å². The largest absolute Gasteiger partial charge is 0.460 e. The highest BCUT2D eigenvalue weighted by Crippen LogP contribution is 2.43. The molecule has 0 unspecified atom stereocenters. The van der Waals surface area contributed by atoms with Gasteiger partial charge in [-0.05, 0) is 78.5 Å². The van der Waals surface area contributed by atoms with Crippen LogP contribution >= 0.6 is 0 Å². The summed E-state index contributed by atoms with van der Waals surface area (Å²) in [6.45, 7) is 3.70. The van der Waals surface area contributed by atoms with Crippen LogP contribution in [0.1, 0.15) is 53.7 Å². The first-order chi connectivity index (χ1) is 17.6. The average molecular weight is 488 g/mol. The fraction of sp³-hybridized carbons (Fsp3) is 0.433. The number of ether oxygens (including phenoxy) is 1. The topological polar surface area (TPSA) is 75.5 Å². The predicted molar refractivity (Wildman–Crippen MR) is 142 cm³/mol. The minimum Gasteiger partial charge on any atom is -0.460 e. The number of hydrogen-bond acceptors (Lipinski definition) is 5. The van der Waals surface area contributed by atoms with E-state index in [0.717, 1.165) is 92.8 Å². The summed E-state index contributed by atoms with van der Waals surface area (Å²) < 4.78 is 24.8. The molecule has 0 saturated carbocycles. The molecule has 1 aliphatic carbocycles. The molecule has 3 heterocycles. The molecule has 2 aromatic carbocycles. The van der Waals surface area contributed by atoms with Gasteiger partial charge in [0.1, 0.15) is 11.3 Å². The van der Waals surface area contributed by atoms with Gasteiger partial charge in [0.25, 0.3) is 0 Å². The van der Waals surface area contributed by atoms with Gasteiger partial charge in [-0.1, -0.05) is 23.8 Å². The molecule has 36 heavy (non-hydrogen) atoms. The molecule has 2 fully saturated rings. The molecule has 188 valence electrons. The van der Waals surface area contributed by atoms with E-state index in [2.05, 4.69) is 35.2 Å². The first-order valence-electron chi connectivity index (χ1n) is 13.2. The van der Waals surface area contributed by atoms with E-state index in [1.165, 1.54) is 28.5 Å². The zero-order chi connectivity index (χ0) is 24.6. The highest BCUT2D eigenvalue weighted by atomic mass is 19.1. The third-order valence-electron chi connectivity index (χ3n) is 8.20. The molecule has 1 aromatic heterocycles. The van der Waals surface area contributed by atoms with Gasteiger partial charge in [-0.3, -0.25) is 9.29 Å². The number of anilines is 1. The van der Waals surface area contributed by atoms with Crippen LogP contribution in [0.3, 0.4) is 0 Å². The van der Waals surface area contributed by atoms with Crippen LogP contribution < -0.4 is 5.73 Å². The summed E-state index contributed by atoms with van der Waals surface area (Å²) >= 11 is 0. The van der Waals surface area contributed by atoms with Gasteiger partial charge in [0.15, 0.2) is 0 Å². The standard InChI is InChI=1S/C30H34FN3O2/c31-14-19-16-34(17-19)18-23-12-21-4-5-22(13-29(21)36-23)30-24(20-8-10-35-11-9-20)2-1-3-25-26(30)6-7-28(33)27(25)15-32/h4-7,12-13,15,19-20,32H,1-3,8-11,14,16-18,33H2. The van der Waals surface area contributed by atoms with Crippen molar-refractivity contribution in [3.05, 3.63) is 70.0 Å². The Bertz CT molecular complexity index is 1320. The maximum Gasteiger partial charge on any atom is 0.134 e. The molecule has 6 rings (SSSR count). The molecule has 0 bridgehead atoms. The van der Waals surface area contributed by atoms with Gasteiger partial charge in [-0.15, -0.1) is 0 Å². The van der Waals surface area contributed by atoms with Crippen molar-refractivity contribution in [2.45, 2.75) is 38.6 Å². The minimum atomic E-state index is -0.239. The average Bonchev–Trinajstić information content (AvgIpc) is 3.18. The molecule has 2 aliphatic heterocycles. The molecular weight excluding hydrogens is 453 g/mol. The lowest BCUT2D eigenvalue weighted by Crippen LogP contribution is -2.46.